The first-order chi connectivity index (χ1) is 6.81. The molecular weight excluding hydrogens is 178 g/mol. The van der Waals surface area contributed by atoms with Gasteiger partial charge in [0.1, 0.15) is 0 Å². The van der Waals surface area contributed by atoms with E-state index in [-0.39, 0.29) is 0 Å². The van der Waals surface area contributed by atoms with Gasteiger partial charge in [0.2, 0.25) is 0 Å². The predicted molar refractivity (Wildman–Crippen MR) is 53.3 cm³/mol. The van der Waals surface area contributed by atoms with Gasteiger partial charge < -0.3 is 10.1 Å². The molecule has 1 aliphatic heterocycles. The van der Waals surface area contributed by atoms with Crippen LogP contribution < -0.4 is 10.1 Å². The van der Waals surface area contributed by atoms with Gasteiger partial charge in [-0.25, -0.2) is 4.98 Å². The Morgan fingerprint density at radius 2 is 2.29 bits per heavy atom. The lowest BCUT2D eigenvalue weighted by Crippen LogP contribution is -2.26. The fraction of sp³-hybridized carbons (Fsp3) is 0.600. The Balaban J connectivity index is 2.36. The number of aryl methyl sites for hydroxylation is 1. The van der Waals surface area contributed by atoms with Crippen LogP contribution >= 0.6 is 0 Å². The second kappa shape index (κ2) is 3.92. The summed E-state index contributed by atoms with van der Waals surface area (Å²) in [4.78, 5) is 8.68. The van der Waals surface area contributed by atoms with Gasteiger partial charge in [-0.2, -0.15) is 4.98 Å². The fourth-order valence-corrected chi connectivity index (χ4v) is 1.71. The fourth-order valence-electron chi connectivity index (χ4n) is 1.71. The van der Waals surface area contributed by atoms with E-state index in [9.17, 15) is 0 Å². The number of hydrogen-bond acceptors (Lipinski definition) is 4. The Labute approximate surface area is 83.7 Å². The maximum absolute atomic E-state index is 5.30. The van der Waals surface area contributed by atoms with E-state index in [4.69, 9.17) is 4.74 Å². The molecule has 0 fully saturated rings. The summed E-state index contributed by atoms with van der Waals surface area (Å²) in [5.41, 5.74) is 3.43. The van der Waals surface area contributed by atoms with Gasteiger partial charge in [-0.15, -0.1) is 0 Å². The normalized spacial score (nSPS) is 15.0. The second-order valence-corrected chi connectivity index (χ2v) is 3.38. The average molecular weight is 193 g/mol. The number of hydrogen-bond donors (Lipinski definition) is 1. The molecule has 0 radical (unpaired) electrons. The molecule has 2 heterocycles. The number of nitrogens with zero attached hydrogens (tertiary/aromatic N) is 2. The molecule has 4 heteroatoms. The van der Waals surface area contributed by atoms with Gasteiger partial charge in [0, 0.05) is 12.2 Å². The van der Waals surface area contributed by atoms with Crippen LogP contribution in [0.1, 0.15) is 23.9 Å². The number of aromatic nitrogens is 2. The number of rotatable bonds is 2. The van der Waals surface area contributed by atoms with Crippen molar-refractivity contribution in [3.05, 3.63) is 17.0 Å². The lowest BCUT2D eigenvalue weighted by atomic mass is 10.1. The van der Waals surface area contributed by atoms with Crippen LogP contribution in [0.5, 0.6) is 6.01 Å². The van der Waals surface area contributed by atoms with Crippen molar-refractivity contribution < 1.29 is 4.74 Å². The predicted octanol–water partition coefficient (Wildman–Crippen LogP) is 0.829. The summed E-state index contributed by atoms with van der Waals surface area (Å²) in [6.07, 6.45) is 1.02. The molecule has 0 saturated carbocycles. The lowest BCUT2D eigenvalue weighted by Gasteiger charge is -2.18. The van der Waals surface area contributed by atoms with Crippen molar-refractivity contribution in [2.24, 2.45) is 0 Å². The van der Waals surface area contributed by atoms with Crippen molar-refractivity contribution in [3.8, 4) is 6.01 Å². The monoisotopic (exact) mass is 193 g/mol. The van der Waals surface area contributed by atoms with Crippen molar-refractivity contribution >= 4 is 0 Å². The highest BCUT2D eigenvalue weighted by Gasteiger charge is 2.15. The van der Waals surface area contributed by atoms with Crippen molar-refractivity contribution in [1.82, 2.24) is 15.3 Å². The molecule has 0 unspecified atom stereocenters. The highest BCUT2D eigenvalue weighted by Crippen LogP contribution is 2.17. The molecule has 0 spiro atoms. The number of nitrogens with one attached hydrogen (secondary N) is 1. The third-order valence-electron chi connectivity index (χ3n) is 2.40. The quantitative estimate of drug-likeness (QED) is 0.755. The molecule has 0 bridgehead atoms. The van der Waals surface area contributed by atoms with E-state index < -0.39 is 0 Å². The second-order valence-electron chi connectivity index (χ2n) is 3.38. The molecule has 4 nitrogen and oxygen atoms in total. The zero-order chi connectivity index (χ0) is 9.97. The molecular formula is C10H15N3O. The summed E-state index contributed by atoms with van der Waals surface area (Å²) in [7, 11) is 0. The minimum atomic E-state index is 0.507. The van der Waals surface area contributed by atoms with E-state index in [0.717, 1.165) is 30.9 Å². The van der Waals surface area contributed by atoms with E-state index >= 15 is 0 Å². The zero-order valence-corrected chi connectivity index (χ0v) is 8.63. The standard InChI is InChI=1S/C10H15N3O/c1-3-14-10-12-7(2)8-4-5-11-6-9(8)13-10/h11H,3-6H2,1-2H3. The van der Waals surface area contributed by atoms with Crippen LogP contribution in [0.15, 0.2) is 0 Å². The van der Waals surface area contributed by atoms with Crippen LogP contribution in [0.3, 0.4) is 0 Å². The zero-order valence-electron chi connectivity index (χ0n) is 8.63. The highest BCUT2D eigenvalue weighted by molar-refractivity contribution is 5.28. The van der Waals surface area contributed by atoms with Crippen LogP contribution in [0, 0.1) is 6.92 Å². The maximum Gasteiger partial charge on any atom is 0.316 e. The lowest BCUT2D eigenvalue weighted by molar-refractivity contribution is 0.309. The van der Waals surface area contributed by atoms with Crippen LogP contribution in [-0.4, -0.2) is 23.1 Å². The molecule has 1 aromatic rings. The number of ether oxygens (including phenoxy) is 1. The highest BCUT2D eigenvalue weighted by atomic mass is 16.5. The molecule has 0 atom stereocenters. The van der Waals surface area contributed by atoms with Crippen molar-refractivity contribution in [2.75, 3.05) is 13.2 Å². The first-order valence-electron chi connectivity index (χ1n) is 5.01. The third-order valence-corrected chi connectivity index (χ3v) is 2.40. The van der Waals surface area contributed by atoms with Gasteiger partial charge in [-0.3, -0.25) is 0 Å². The Hall–Kier alpha value is -1.16. The Morgan fingerprint density at radius 1 is 1.43 bits per heavy atom. The molecule has 0 aliphatic carbocycles. The summed E-state index contributed by atoms with van der Waals surface area (Å²) in [5.74, 6) is 0. The van der Waals surface area contributed by atoms with E-state index in [1.165, 1.54) is 5.56 Å². The van der Waals surface area contributed by atoms with Gasteiger partial charge in [0.05, 0.1) is 12.3 Å². The maximum atomic E-state index is 5.30. The first-order valence-corrected chi connectivity index (χ1v) is 5.01. The third kappa shape index (κ3) is 1.70. The minimum absolute atomic E-state index is 0.507. The SMILES string of the molecule is CCOc1nc(C)c2c(n1)CNCC2. The van der Waals surface area contributed by atoms with Crippen molar-refractivity contribution in [3.63, 3.8) is 0 Å². The van der Waals surface area contributed by atoms with E-state index in [1.807, 2.05) is 13.8 Å². The molecule has 76 valence electrons. The van der Waals surface area contributed by atoms with Crippen molar-refractivity contribution in [1.29, 1.82) is 0 Å². The summed E-state index contributed by atoms with van der Waals surface area (Å²) in [6.45, 7) is 6.43. The molecule has 14 heavy (non-hydrogen) atoms. The van der Waals surface area contributed by atoms with Crippen LogP contribution in [-0.2, 0) is 13.0 Å². The molecule has 2 rings (SSSR count). The Kier molecular flexibility index (Phi) is 2.63. The average Bonchev–Trinajstić information content (AvgIpc) is 2.18. The molecule has 1 N–H and O–H groups in total. The molecule has 1 aromatic heterocycles. The van der Waals surface area contributed by atoms with Crippen molar-refractivity contribution in [2.45, 2.75) is 26.8 Å². The minimum Gasteiger partial charge on any atom is -0.464 e. The largest absolute Gasteiger partial charge is 0.464 e. The molecule has 1 aliphatic rings. The summed E-state index contributed by atoms with van der Waals surface area (Å²) >= 11 is 0. The smallest absolute Gasteiger partial charge is 0.316 e. The topological polar surface area (TPSA) is 47.0 Å². The van der Waals surface area contributed by atoms with Gasteiger partial charge in [-0.05, 0) is 32.4 Å². The van der Waals surface area contributed by atoms with Gasteiger partial charge in [0.15, 0.2) is 0 Å². The van der Waals surface area contributed by atoms with Gasteiger partial charge in [-0.1, -0.05) is 0 Å². The van der Waals surface area contributed by atoms with E-state index in [1.54, 1.807) is 0 Å². The number of fused-ring (bicyclic) bond motifs is 1. The van der Waals surface area contributed by atoms with Gasteiger partial charge >= 0.3 is 6.01 Å². The van der Waals surface area contributed by atoms with Crippen LogP contribution in [0.25, 0.3) is 0 Å². The first kappa shape index (κ1) is 9.40. The Bertz CT molecular complexity index is 338. The summed E-state index contributed by atoms with van der Waals surface area (Å²) in [6, 6.07) is 0.507. The van der Waals surface area contributed by atoms with E-state index in [2.05, 4.69) is 15.3 Å². The van der Waals surface area contributed by atoms with Crippen LogP contribution in [0.4, 0.5) is 0 Å². The van der Waals surface area contributed by atoms with Gasteiger partial charge in [0.25, 0.3) is 0 Å². The molecule has 0 amide bonds. The summed E-state index contributed by atoms with van der Waals surface area (Å²) in [5, 5.41) is 3.29. The molecule has 0 saturated heterocycles. The van der Waals surface area contributed by atoms with E-state index in [0.29, 0.717) is 12.6 Å². The summed E-state index contributed by atoms with van der Waals surface area (Å²) < 4.78 is 5.30. The molecule has 0 aromatic carbocycles. The Morgan fingerprint density at radius 3 is 3.07 bits per heavy atom. The van der Waals surface area contributed by atoms with Crippen LogP contribution in [0.2, 0.25) is 0 Å².